The van der Waals surface area contributed by atoms with Crippen LogP contribution in [0.25, 0.3) is 0 Å². The van der Waals surface area contributed by atoms with Gasteiger partial charge in [0.1, 0.15) is 0 Å². The molecule has 1 saturated heterocycles. The summed E-state index contributed by atoms with van der Waals surface area (Å²) in [5, 5.41) is 9.39. The Kier molecular flexibility index (Phi) is 5.03. The molecular formula is C15H24N2O3S. The maximum Gasteiger partial charge on any atom is 0.243 e. The Morgan fingerprint density at radius 3 is 2.29 bits per heavy atom. The summed E-state index contributed by atoms with van der Waals surface area (Å²) in [4.78, 5) is 2.46. The number of hydrogen-bond acceptors (Lipinski definition) is 4. The second-order valence-corrected chi connectivity index (χ2v) is 7.74. The summed E-state index contributed by atoms with van der Waals surface area (Å²) >= 11 is 0. The number of aliphatic hydroxyl groups is 1. The lowest BCUT2D eigenvalue weighted by molar-refractivity contribution is 0.103. The van der Waals surface area contributed by atoms with Gasteiger partial charge in [0.25, 0.3) is 0 Å². The van der Waals surface area contributed by atoms with Crippen LogP contribution in [0, 0.1) is 13.8 Å². The lowest BCUT2D eigenvalue weighted by Gasteiger charge is -2.34. The van der Waals surface area contributed by atoms with Gasteiger partial charge in [0.05, 0.1) is 11.0 Å². The molecule has 0 spiro atoms. The molecule has 1 N–H and O–H groups in total. The molecule has 1 heterocycles. The minimum atomic E-state index is -3.41. The molecule has 1 aliphatic rings. The number of hydrogen-bond donors (Lipinski definition) is 1. The third kappa shape index (κ3) is 3.83. The van der Waals surface area contributed by atoms with Crippen LogP contribution in [0.15, 0.2) is 23.1 Å². The number of benzene rings is 1. The molecule has 0 bridgehead atoms. The van der Waals surface area contributed by atoms with Crippen molar-refractivity contribution in [2.75, 3.05) is 32.7 Å². The molecule has 118 valence electrons. The highest BCUT2D eigenvalue weighted by Gasteiger charge is 2.28. The topological polar surface area (TPSA) is 60.9 Å². The standard InChI is InChI=1S/C15H24N2O3S/c1-12-4-5-15(10-13(12)2)21(19,20)17-8-6-16(7-9-17)11-14(3)18/h4-5,10,14,18H,6-9,11H2,1-3H3. The molecule has 2 rings (SSSR count). The van der Waals surface area contributed by atoms with Crippen molar-refractivity contribution in [2.45, 2.75) is 31.8 Å². The van der Waals surface area contributed by atoms with E-state index >= 15 is 0 Å². The van der Waals surface area contributed by atoms with Gasteiger partial charge in [-0.2, -0.15) is 4.31 Å². The van der Waals surface area contributed by atoms with Gasteiger partial charge in [-0.1, -0.05) is 6.07 Å². The van der Waals surface area contributed by atoms with Gasteiger partial charge in [0, 0.05) is 32.7 Å². The van der Waals surface area contributed by atoms with Crippen LogP contribution in [0.1, 0.15) is 18.1 Å². The number of nitrogens with zero attached hydrogens (tertiary/aromatic N) is 2. The lowest BCUT2D eigenvalue weighted by Crippen LogP contribution is -2.50. The average molecular weight is 312 g/mol. The normalized spacial score (nSPS) is 19.6. The third-order valence-corrected chi connectivity index (χ3v) is 5.86. The van der Waals surface area contributed by atoms with Crippen molar-refractivity contribution in [3.63, 3.8) is 0 Å². The summed E-state index contributed by atoms with van der Waals surface area (Å²) in [6.07, 6.45) is -0.382. The number of aryl methyl sites for hydroxylation is 2. The first-order chi connectivity index (χ1) is 9.80. The summed E-state index contributed by atoms with van der Waals surface area (Å²) in [6.45, 7) is 8.51. The molecule has 1 fully saturated rings. The molecule has 21 heavy (non-hydrogen) atoms. The van der Waals surface area contributed by atoms with E-state index in [-0.39, 0.29) is 6.10 Å². The van der Waals surface area contributed by atoms with E-state index in [1.807, 2.05) is 19.9 Å². The van der Waals surface area contributed by atoms with Crippen LogP contribution >= 0.6 is 0 Å². The Hall–Kier alpha value is -0.950. The van der Waals surface area contributed by atoms with E-state index in [4.69, 9.17) is 0 Å². The van der Waals surface area contributed by atoms with E-state index in [9.17, 15) is 13.5 Å². The fourth-order valence-electron chi connectivity index (χ4n) is 2.55. The first-order valence-electron chi connectivity index (χ1n) is 7.28. The van der Waals surface area contributed by atoms with Crippen molar-refractivity contribution in [3.05, 3.63) is 29.3 Å². The number of β-amino-alcohol motifs (C(OH)–C–C–N with tert-alkyl or cyclic N) is 1. The maximum atomic E-state index is 12.6. The maximum absolute atomic E-state index is 12.6. The second kappa shape index (κ2) is 6.44. The number of rotatable bonds is 4. The average Bonchev–Trinajstić information content (AvgIpc) is 2.41. The smallest absolute Gasteiger partial charge is 0.243 e. The van der Waals surface area contributed by atoms with Crippen LogP contribution in [0.2, 0.25) is 0 Å². The summed E-state index contributed by atoms with van der Waals surface area (Å²) in [6, 6.07) is 5.28. The van der Waals surface area contributed by atoms with Crippen LogP contribution in [0.4, 0.5) is 0 Å². The molecular weight excluding hydrogens is 288 g/mol. The SMILES string of the molecule is Cc1ccc(S(=O)(=O)N2CCN(CC(C)O)CC2)cc1C. The quantitative estimate of drug-likeness (QED) is 0.901. The lowest BCUT2D eigenvalue weighted by atomic mass is 10.1. The van der Waals surface area contributed by atoms with Crippen LogP contribution in [-0.2, 0) is 10.0 Å². The van der Waals surface area contributed by atoms with E-state index in [1.165, 1.54) is 4.31 Å². The van der Waals surface area contributed by atoms with E-state index in [0.717, 1.165) is 11.1 Å². The highest BCUT2D eigenvalue weighted by molar-refractivity contribution is 7.89. The van der Waals surface area contributed by atoms with E-state index in [2.05, 4.69) is 4.90 Å². The minimum absolute atomic E-state index is 0.370. The summed E-state index contributed by atoms with van der Waals surface area (Å²) < 4.78 is 26.8. The molecule has 1 unspecified atom stereocenters. The zero-order chi connectivity index (χ0) is 15.6. The molecule has 0 aromatic heterocycles. The Morgan fingerprint density at radius 1 is 1.14 bits per heavy atom. The molecule has 1 atom stereocenters. The van der Waals surface area contributed by atoms with Crippen LogP contribution < -0.4 is 0 Å². The molecule has 0 radical (unpaired) electrons. The predicted octanol–water partition coefficient (Wildman–Crippen LogP) is 0.991. The zero-order valence-electron chi connectivity index (χ0n) is 12.9. The first kappa shape index (κ1) is 16.4. The van der Waals surface area contributed by atoms with E-state index < -0.39 is 10.0 Å². The molecule has 0 aliphatic carbocycles. The molecule has 0 saturated carbocycles. The van der Waals surface area contributed by atoms with Crippen molar-refractivity contribution in [3.8, 4) is 0 Å². The summed E-state index contributed by atoms with van der Waals surface area (Å²) in [5.41, 5.74) is 2.08. The zero-order valence-corrected chi connectivity index (χ0v) is 13.7. The van der Waals surface area contributed by atoms with Gasteiger partial charge < -0.3 is 5.11 Å². The van der Waals surface area contributed by atoms with Gasteiger partial charge in [-0.3, -0.25) is 4.90 Å². The molecule has 1 aromatic rings. The van der Waals surface area contributed by atoms with Crippen LogP contribution in [0.5, 0.6) is 0 Å². The van der Waals surface area contributed by atoms with Gasteiger partial charge in [0.2, 0.25) is 10.0 Å². The molecule has 0 amide bonds. The van der Waals surface area contributed by atoms with Gasteiger partial charge in [0.15, 0.2) is 0 Å². The monoisotopic (exact) mass is 312 g/mol. The number of aliphatic hydroxyl groups excluding tert-OH is 1. The second-order valence-electron chi connectivity index (χ2n) is 5.80. The molecule has 1 aliphatic heterocycles. The first-order valence-corrected chi connectivity index (χ1v) is 8.72. The van der Waals surface area contributed by atoms with Crippen molar-refractivity contribution >= 4 is 10.0 Å². The van der Waals surface area contributed by atoms with Crippen molar-refractivity contribution < 1.29 is 13.5 Å². The van der Waals surface area contributed by atoms with Crippen LogP contribution in [0.3, 0.4) is 0 Å². The Balaban J connectivity index is 2.09. The van der Waals surface area contributed by atoms with Crippen molar-refractivity contribution in [1.29, 1.82) is 0 Å². The highest BCUT2D eigenvalue weighted by Crippen LogP contribution is 2.20. The van der Waals surface area contributed by atoms with E-state index in [1.54, 1.807) is 19.1 Å². The van der Waals surface area contributed by atoms with Crippen LogP contribution in [-0.4, -0.2) is 61.6 Å². The van der Waals surface area contributed by atoms with E-state index in [0.29, 0.717) is 37.6 Å². The minimum Gasteiger partial charge on any atom is -0.392 e. The van der Waals surface area contributed by atoms with Gasteiger partial charge in [-0.15, -0.1) is 0 Å². The number of sulfonamides is 1. The van der Waals surface area contributed by atoms with Crippen molar-refractivity contribution in [2.24, 2.45) is 0 Å². The molecule has 1 aromatic carbocycles. The Bertz CT molecular complexity index is 591. The summed E-state index contributed by atoms with van der Waals surface area (Å²) in [5.74, 6) is 0. The van der Waals surface area contributed by atoms with Gasteiger partial charge >= 0.3 is 0 Å². The summed E-state index contributed by atoms with van der Waals surface area (Å²) in [7, 11) is -3.41. The molecule has 6 heteroatoms. The predicted molar refractivity (Wildman–Crippen MR) is 82.8 cm³/mol. The van der Waals surface area contributed by atoms with Gasteiger partial charge in [-0.05, 0) is 44.0 Å². The van der Waals surface area contributed by atoms with Gasteiger partial charge in [-0.25, -0.2) is 8.42 Å². The Morgan fingerprint density at radius 2 is 1.76 bits per heavy atom. The largest absolute Gasteiger partial charge is 0.392 e. The fraction of sp³-hybridized carbons (Fsp3) is 0.600. The highest BCUT2D eigenvalue weighted by atomic mass is 32.2. The molecule has 5 nitrogen and oxygen atoms in total. The fourth-order valence-corrected chi connectivity index (χ4v) is 4.06. The third-order valence-electron chi connectivity index (χ3n) is 3.97. The van der Waals surface area contributed by atoms with Crippen molar-refractivity contribution in [1.82, 2.24) is 9.21 Å². The Labute approximate surface area is 127 Å². The number of piperazine rings is 1.